The molecule has 1 N–H and O–H groups in total. The van der Waals surface area contributed by atoms with Crippen molar-refractivity contribution < 1.29 is 4.79 Å². The molecule has 0 radical (unpaired) electrons. The molecule has 26 heavy (non-hydrogen) atoms. The first-order valence-corrected chi connectivity index (χ1v) is 8.91. The van der Waals surface area contributed by atoms with Gasteiger partial charge in [0, 0.05) is 24.8 Å². The molecule has 6 heteroatoms. The number of aromatic nitrogens is 3. The molecule has 1 aromatic carbocycles. The molecule has 2 aromatic heterocycles. The number of anilines is 1. The zero-order valence-corrected chi connectivity index (χ0v) is 14.7. The highest BCUT2D eigenvalue weighted by Crippen LogP contribution is 2.21. The van der Waals surface area contributed by atoms with Gasteiger partial charge in [-0.15, -0.1) is 0 Å². The minimum absolute atomic E-state index is 0.0512. The molecule has 4 rings (SSSR count). The molecule has 3 aromatic rings. The van der Waals surface area contributed by atoms with Crippen LogP contribution in [0.15, 0.2) is 48.7 Å². The van der Waals surface area contributed by atoms with Crippen LogP contribution in [0.4, 0.5) is 5.82 Å². The summed E-state index contributed by atoms with van der Waals surface area (Å²) in [5.41, 5.74) is 2.93. The van der Waals surface area contributed by atoms with Gasteiger partial charge in [0.2, 0.25) is 0 Å². The molecule has 1 unspecified atom stereocenters. The van der Waals surface area contributed by atoms with Gasteiger partial charge in [-0.2, -0.15) is 0 Å². The third kappa shape index (κ3) is 3.35. The highest BCUT2D eigenvalue weighted by atomic mass is 16.2. The molecule has 0 aliphatic carbocycles. The lowest BCUT2D eigenvalue weighted by molar-refractivity contribution is 0.0737. The maximum atomic E-state index is 12.9. The van der Waals surface area contributed by atoms with E-state index in [2.05, 4.69) is 20.3 Å². The summed E-state index contributed by atoms with van der Waals surface area (Å²) in [5.74, 6) is 0.791. The summed E-state index contributed by atoms with van der Waals surface area (Å²) in [4.78, 5) is 28.2. The van der Waals surface area contributed by atoms with Crippen LogP contribution in [0.25, 0.3) is 11.0 Å². The van der Waals surface area contributed by atoms with E-state index in [-0.39, 0.29) is 11.9 Å². The average Bonchev–Trinajstić information content (AvgIpc) is 3.14. The Labute approximate surface area is 152 Å². The fourth-order valence-electron chi connectivity index (χ4n) is 3.39. The molecule has 3 heterocycles. The van der Waals surface area contributed by atoms with Gasteiger partial charge in [-0.1, -0.05) is 18.2 Å². The fraction of sp³-hybridized carbons (Fsp3) is 0.300. The standard InChI is InChI=1S/C20H21N5O/c1-14-6-4-10-19(23-14)22-12-15-7-5-11-25(15)20(26)18-13-21-16-8-2-3-9-17(16)24-18/h2-4,6,8-10,13,15H,5,7,11-12H2,1H3,(H,22,23). The number of para-hydroxylation sites is 2. The Hall–Kier alpha value is -3.02. The highest BCUT2D eigenvalue weighted by molar-refractivity contribution is 5.94. The number of rotatable bonds is 4. The van der Waals surface area contributed by atoms with E-state index in [1.165, 1.54) is 0 Å². The number of fused-ring (bicyclic) bond motifs is 1. The van der Waals surface area contributed by atoms with Gasteiger partial charge in [0.15, 0.2) is 0 Å². The van der Waals surface area contributed by atoms with Crippen LogP contribution < -0.4 is 5.32 Å². The molecule has 1 fully saturated rings. The molecule has 0 bridgehead atoms. The first-order valence-electron chi connectivity index (χ1n) is 8.91. The molecule has 6 nitrogen and oxygen atoms in total. The zero-order valence-electron chi connectivity index (χ0n) is 14.7. The second kappa shape index (κ2) is 7.07. The largest absolute Gasteiger partial charge is 0.368 e. The van der Waals surface area contributed by atoms with E-state index < -0.39 is 0 Å². The minimum atomic E-state index is -0.0512. The van der Waals surface area contributed by atoms with Crippen LogP contribution in [0.5, 0.6) is 0 Å². The summed E-state index contributed by atoms with van der Waals surface area (Å²) in [6.45, 7) is 3.40. The maximum Gasteiger partial charge on any atom is 0.274 e. The summed E-state index contributed by atoms with van der Waals surface area (Å²) < 4.78 is 0. The molecular formula is C20H21N5O. The second-order valence-electron chi connectivity index (χ2n) is 6.58. The van der Waals surface area contributed by atoms with Gasteiger partial charge in [-0.25, -0.2) is 9.97 Å². The van der Waals surface area contributed by atoms with Crippen LogP contribution in [-0.4, -0.2) is 44.9 Å². The van der Waals surface area contributed by atoms with E-state index in [1.54, 1.807) is 6.20 Å². The SMILES string of the molecule is Cc1cccc(NCC2CCCN2C(=O)c2cnc3ccccc3n2)n1. The monoisotopic (exact) mass is 347 g/mol. The van der Waals surface area contributed by atoms with Crippen molar-refractivity contribution in [3.05, 3.63) is 60.0 Å². The fourth-order valence-corrected chi connectivity index (χ4v) is 3.39. The average molecular weight is 347 g/mol. The molecular weight excluding hydrogens is 326 g/mol. The number of benzene rings is 1. The van der Waals surface area contributed by atoms with Crippen LogP contribution in [0.2, 0.25) is 0 Å². The number of aryl methyl sites for hydroxylation is 1. The number of carbonyl (C=O) groups excluding carboxylic acids is 1. The Morgan fingerprint density at radius 1 is 1.15 bits per heavy atom. The van der Waals surface area contributed by atoms with Crippen molar-refractivity contribution in [1.82, 2.24) is 19.9 Å². The van der Waals surface area contributed by atoms with Crippen molar-refractivity contribution >= 4 is 22.8 Å². The van der Waals surface area contributed by atoms with Crippen LogP contribution in [0.3, 0.4) is 0 Å². The van der Waals surface area contributed by atoms with Crippen LogP contribution >= 0.6 is 0 Å². The van der Waals surface area contributed by atoms with Gasteiger partial charge < -0.3 is 10.2 Å². The van der Waals surface area contributed by atoms with Gasteiger partial charge in [0.05, 0.1) is 17.2 Å². The molecule has 132 valence electrons. The Morgan fingerprint density at radius 3 is 2.85 bits per heavy atom. The predicted octanol–water partition coefficient (Wildman–Crippen LogP) is 3.05. The molecule has 1 saturated heterocycles. The van der Waals surface area contributed by atoms with Gasteiger partial charge in [-0.05, 0) is 44.0 Å². The summed E-state index contributed by atoms with van der Waals surface area (Å²) in [5, 5.41) is 3.35. The van der Waals surface area contributed by atoms with E-state index in [4.69, 9.17) is 0 Å². The van der Waals surface area contributed by atoms with Crippen LogP contribution in [-0.2, 0) is 0 Å². The lowest BCUT2D eigenvalue weighted by atomic mass is 10.2. The lowest BCUT2D eigenvalue weighted by Gasteiger charge is -2.25. The maximum absolute atomic E-state index is 12.9. The smallest absolute Gasteiger partial charge is 0.274 e. The summed E-state index contributed by atoms with van der Waals surface area (Å²) in [6.07, 6.45) is 3.56. The Balaban J connectivity index is 1.48. The van der Waals surface area contributed by atoms with Crippen LogP contribution in [0, 0.1) is 6.92 Å². The summed E-state index contributed by atoms with van der Waals surface area (Å²) in [7, 11) is 0. The number of likely N-dealkylation sites (tertiary alicyclic amines) is 1. The summed E-state index contributed by atoms with van der Waals surface area (Å²) >= 11 is 0. The molecule has 0 saturated carbocycles. The second-order valence-corrected chi connectivity index (χ2v) is 6.58. The van der Waals surface area contributed by atoms with Crippen molar-refractivity contribution in [3.8, 4) is 0 Å². The van der Waals surface area contributed by atoms with Crippen molar-refractivity contribution in [3.63, 3.8) is 0 Å². The molecule has 0 spiro atoms. The Morgan fingerprint density at radius 2 is 2.00 bits per heavy atom. The number of carbonyl (C=O) groups is 1. The molecule has 1 aliphatic rings. The van der Waals surface area contributed by atoms with Gasteiger partial charge >= 0.3 is 0 Å². The number of amides is 1. The van der Waals surface area contributed by atoms with E-state index in [0.29, 0.717) is 12.2 Å². The lowest BCUT2D eigenvalue weighted by Crippen LogP contribution is -2.40. The van der Waals surface area contributed by atoms with Gasteiger partial charge in [0.1, 0.15) is 11.5 Å². The normalized spacial score (nSPS) is 16.8. The predicted molar refractivity (Wildman–Crippen MR) is 101 cm³/mol. The minimum Gasteiger partial charge on any atom is -0.368 e. The highest BCUT2D eigenvalue weighted by Gasteiger charge is 2.30. The van der Waals surface area contributed by atoms with E-state index >= 15 is 0 Å². The molecule has 1 aliphatic heterocycles. The number of hydrogen-bond donors (Lipinski definition) is 1. The first kappa shape index (κ1) is 16.4. The Bertz CT molecular complexity index is 942. The van der Waals surface area contributed by atoms with Crippen molar-refractivity contribution in [2.24, 2.45) is 0 Å². The Kier molecular flexibility index (Phi) is 4.48. The number of pyridine rings is 1. The van der Waals surface area contributed by atoms with Crippen molar-refractivity contribution in [1.29, 1.82) is 0 Å². The van der Waals surface area contributed by atoms with Crippen molar-refractivity contribution in [2.75, 3.05) is 18.4 Å². The third-order valence-corrected chi connectivity index (χ3v) is 4.71. The number of hydrogen-bond acceptors (Lipinski definition) is 5. The summed E-state index contributed by atoms with van der Waals surface area (Å²) in [6, 6.07) is 13.6. The number of nitrogens with zero attached hydrogens (tertiary/aromatic N) is 4. The van der Waals surface area contributed by atoms with Gasteiger partial charge in [-0.3, -0.25) is 9.78 Å². The van der Waals surface area contributed by atoms with E-state index in [9.17, 15) is 4.79 Å². The van der Waals surface area contributed by atoms with E-state index in [0.717, 1.165) is 41.9 Å². The number of nitrogens with one attached hydrogen (secondary N) is 1. The van der Waals surface area contributed by atoms with E-state index in [1.807, 2.05) is 54.3 Å². The first-order chi connectivity index (χ1) is 12.7. The van der Waals surface area contributed by atoms with Crippen molar-refractivity contribution in [2.45, 2.75) is 25.8 Å². The topological polar surface area (TPSA) is 71.0 Å². The van der Waals surface area contributed by atoms with Gasteiger partial charge in [0.25, 0.3) is 5.91 Å². The van der Waals surface area contributed by atoms with Crippen LogP contribution in [0.1, 0.15) is 29.0 Å². The third-order valence-electron chi connectivity index (χ3n) is 4.71. The zero-order chi connectivity index (χ0) is 17.9. The quantitative estimate of drug-likeness (QED) is 0.785. The molecule has 1 atom stereocenters. The molecule has 1 amide bonds.